The van der Waals surface area contributed by atoms with Gasteiger partial charge in [-0.2, -0.15) is 0 Å². The summed E-state index contributed by atoms with van der Waals surface area (Å²) in [5, 5.41) is 13.9. The normalized spacial score (nSPS) is 13.3. The lowest BCUT2D eigenvalue weighted by atomic mass is 10.0. The van der Waals surface area contributed by atoms with Crippen molar-refractivity contribution in [3.8, 4) is 17.2 Å². The number of aliphatic hydroxyl groups excluding tert-OH is 1. The van der Waals surface area contributed by atoms with Crippen molar-refractivity contribution in [2.45, 2.75) is 32.5 Å². The van der Waals surface area contributed by atoms with Gasteiger partial charge in [-0.15, -0.1) is 0 Å². The summed E-state index contributed by atoms with van der Waals surface area (Å²) >= 11 is 0. The number of hydrogen-bond acceptors (Lipinski definition) is 4. The average Bonchev–Trinajstić information content (AvgIpc) is 2.79. The van der Waals surface area contributed by atoms with Crippen molar-refractivity contribution < 1.29 is 19.3 Å². The molecule has 4 nitrogen and oxygen atoms in total. The van der Waals surface area contributed by atoms with Crippen molar-refractivity contribution in [3.05, 3.63) is 78.9 Å². The van der Waals surface area contributed by atoms with Gasteiger partial charge in [-0.3, -0.25) is 0 Å². The molecular weight excluding hydrogens is 388 g/mol. The van der Waals surface area contributed by atoms with Crippen LogP contribution in [0, 0.1) is 0 Å². The van der Waals surface area contributed by atoms with E-state index in [0.29, 0.717) is 13.2 Å². The van der Waals surface area contributed by atoms with Crippen molar-refractivity contribution >= 4 is 21.5 Å². The van der Waals surface area contributed by atoms with Crippen LogP contribution in [0.4, 0.5) is 0 Å². The number of rotatable bonds is 9. The molecule has 0 saturated carbocycles. The van der Waals surface area contributed by atoms with Crippen molar-refractivity contribution in [2.24, 2.45) is 0 Å². The Morgan fingerprint density at radius 3 is 2.29 bits per heavy atom. The highest BCUT2D eigenvalue weighted by molar-refractivity contribution is 6.05. The SMILES string of the molecule is CC(O)C(C)OCCCOc1c2ccccc2cc2ccc(Oc3ccccc3)cc12. The molecule has 1 N–H and O–H groups in total. The molecule has 0 spiro atoms. The molecule has 0 bridgehead atoms. The van der Waals surface area contributed by atoms with Gasteiger partial charge in [-0.05, 0) is 55.0 Å². The van der Waals surface area contributed by atoms with Gasteiger partial charge in [0.05, 0.1) is 25.4 Å². The number of benzene rings is 4. The fourth-order valence-corrected chi connectivity index (χ4v) is 3.49. The summed E-state index contributed by atoms with van der Waals surface area (Å²) in [5.41, 5.74) is 0. The molecule has 2 atom stereocenters. The number of fused-ring (bicyclic) bond motifs is 2. The molecule has 0 aromatic heterocycles. The molecule has 2 unspecified atom stereocenters. The zero-order valence-electron chi connectivity index (χ0n) is 18.0. The smallest absolute Gasteiger partial charge is 0.135 e. The van der Waals surface area contributed by atoms with Crippen LogP contribution >= 0.6 is 0 Å². The monoisotopic (exact) mass is 416 g/mol. The quantitative estimate of drug-likeness (QED) is 0.255. The Morgan fingerprint density at radius 2 is 1.48 bits per heavy atom. The zero-order valence-corrected chi connectivity index (χ0v) is 18.0. The molecule has 4 heteroatoms. The molecule has 4 aromatic carbocycles. The maximum Gasteiger partial charge on any atom is 0.135 e. The summed E-state index contributed by atoms with van der Waals surface area (Å²) in [6, 6.07) is 26.3. The second kappa shape index (κ2) is 9.82. The van der Waals surface area contributed by atoms with Crippen molar-refractivity contribution in [2.75, 3.05) is 13.2 Å². The Bertz CT molecular complexity index is 1140. The first-order chi connectivity index (χ1) is 15.1. The third-order valence-corrected chi connectivity index (χ3v) is 5.36. The van der Waals surface area contributed by atoms with E-state index >= 15 is 0 Å². The third-order valence-electron chi connectivity index (χ3n) is 5.36. The largest absolute Gasteiger partial charge is 0.492 e. The predicted octanol–water partition coefficient (Wildman–Crippen LogP) is 6.34. The van der Waals surface area contributed by atoms with E-state index in [0.717, 1.165) is 45.2 Å². The molecule has 0 fully saturated rings. The lowest BCUT2D eigenvalue weighted by Gasteiger charge is -2.17. The van der Waals surface area contributed by atoms with E-state index in [2.05, 4.69) is 24.3 Å². The molecule has 31 heavy (non-hydrogen) atoms. The van der Waals surface area contributed by atoms with E-state index in [9.17, 15) is 5.11 Å². The summed E-state index contributed by atoms with van der Waals surface area (Å²) in [7, 11) is 0. The second-order valence-corrected chi connectivity index (χ2v) is 7.74. The number of aliphatic hydroxyl groups is 1. The van der Waals surface area contributed by atoms with Gasteiger partial charge in [0.1, 0.15) is 17.2 Å². The van der Waals surface area contributed by atoms with E-state index < -0.39 is 6.10 Å². The van der Waals surface area contributed by atoms with Gasteiger partial charge in [0.2, 0.25) is 0 Å². The van der Waals surface area contributed by atoms with Crippen LogP contribution in [-0.4, -0.2) is 30.5 Å². The first-order valence-electron chi connectivity index (χ1n) is 10.7. The van der Waals surface area contributed by atoms with Crippen molar-refractivity contribution in [1.82, 2.24) is 0 Å². The number of hydrogen-bond donors (Lipinski definition) is 1. The average molecular weight is 417 g/mol. The first-order valence-corrected chi connectivity index (χ1v) is 10.7. The molecule has 160 valence electrons. The van der Waals surface area contributed by atoms with E-state index in [1.54, 1.807) is 6.92 Å². The Balaban J connectivity index is 1.59. The third kappa shape index (κ3) is 5.16. The Morgan fingerprint density at radius 1 is 0.742 bits per heavy atom. The lowest BCUT2D eigenvalue weighted by Crippen LogP contribution is -2.23. The van der Waals surface area contributed by atoms with E-state index in [1.165, 1.54) is 0 Å². The van der Waals surface area contributed by atoms with Gasteiger partial charge in [0, 0.05) is 17.2 Å². The molecular formula is C27H28O4. The minimum atomic E-state index is -0.481. The lowest BCUT2D eigenvalue weighted by molar-refractivity contribution is -0.0213. The minimum Gasteiger partial charge on any atom is -0.492 e. The first kappa shape index (κ1) is 21.2. The maximum atomic E-state index is 9.56. The van der Waals surface area contributed by atoms with E-state index in [-0.39, 0.29) is 6.10 Å². The van der Waals surface area contributed by atoms with E-state index in [1.807, 2.05) is 61.5 Å². The van der Waals surface area contributed by atoms with Crippen LogP contribution in [0.15, 0.2) is 78.9 Å². The zero-order chi connectivity index (χ0) is 21.6. The highest BCUT2D eigenvalue weighted by atomic mass is 16.5. The molecule has 0 radical (unpaired) electrons. The highest BCUT2D eigenvalue weighted by Gasteiger charge is 2.12. The summed E-state index contributed by atoms with van der Waals surface area (Å²) in [6.45, 7) is 4.67. The summed E-state index contributed by atoms with van der Waals surface area (Å²) in [6.07, 6.45) is 0.0733. The molecule has 0 aliphatic carbocycles. The van der Waals surface area contributed by atoms with Gasteiger partial charge in [0.15, 0.2) is 0 Å². The molecule has 4 aromatic rings. The number of ether oxygens (including phenoxy) is 3. The molecule has 0 heterocycles. The molecule has 4 rings (SSSR count). The topological polar surface area (TPSA) is 47.9 Å². The van der Waals surface area contributed by atoms with Crippen LogP contribution < -0.4 is 9.47 Å². The summed E-state index contributed by atoms with van der Waals surface area (Å²) < 4.78 is 18.0. The van der Waals surface area contributed by atoms with Crippen LogP contribution in [0.5, 0.6) is 17.2 Å². The predicted molar refractivity (Wildman–Crippen MR) is 125 cm³/mol. The van der Waals surface area contributed by atoms with Crippen LogP contribution in [-0.2, 0) is 4.74 Å². The summed E-state index contributed by atoms with van der Waals surface area (Å²) in [4.78, 5) is 0. The summed E-state index contributed by atoms with van der Waals surface area (Å²) in [5.74, 6) is 2.43. The van der Waals surface area contributed by atoms with Crippen molar-refractivity contribution in [1.29, 1.82) is 0 Å². The van der Waals surface area contributed by atoms with Crippen LogP contribution in [0.3, 0.4) is 0 Å². The minimum absolute atomic E-state index is 0.184. The van der Waals surface area contributed by atoms with E-state index in [4.69, 9.17) is 14.2 Å². The Labute approximate surface area is 183 Å². The highest BCUT2D eigenvalue weighted by Crippen LogP contribution is 2.37. The molecule has 0 amide bonds. The van der Waals surface area contributed by atoms with Crippen molar-refractivity contribution in [3.63, 3.8) is 0 Å². The van der Waals surface area contributed by atoms with Gasteiger partial charge >= 0.3 is 0 Å². The fourth-order valence-electron chi connectivity index (χ4n) is 3.49. The van der Waals surface area contributed by atoms with Crippen LogP contribution in [0.2, 0.25) is 0 Å². The Kier molecular flexibility index (Phi) is 6.70. The van der Waals surface area contributed by atoms with Gasteiger partial charge < -0.3 is 19.3 Å². The van der Waals surface area contributed by atoms with Gasteiger partial charge in [-0.25, -0.2) is 0 Å². The van der Waals surface area contributed by atoms with Crippen LogP contribution in [0.25, 0.3) is 21.5 Å². The molecule has 0 aliphatic heterocycles. The maximum absolute atomic E-state index is 9.56. The fraction of sp³-hybridized carbons (Fsp3) is 0.259. The molecule has 0 aliphatic rings. The molecule has 0 saturated heterocycles. The number of para-hydroxylation sites is 1. The standard InChI is InChI=1S/C27H28O4/c1-19(28)20(2)29-15-8-16-30-27-25-12-7-6-9-21(25)17-22-13-14-24(18-26(22)27)31-23-10-4-3-5-11-23/h3-7,9-14,17-20,28H,8,15-16H2,1-2H3. The van der Waals surface area contributed by atoms with Gasteiger partial charge in [-0.1, -0.05) is 48.5 Å². The van der Waals surface area contributed by atoms with Gasteiger partial charge in [0.25, 0.3) is 0 Å². The second-order valence-electron chi connectivity index (χ2n) is 7.74. The Hall–Kier alpha value is -3.08. The van der Waals surface area contributed by atoms with Crippen LogP contribution in [0.1, 0.15) is 20.3 Å².